The predicted octanol–water partition coefficient (Wildman–Crippen LogP) is 2.64. The molecule has 1 aromatic carbocycles. The van der Waals surface area contributed by atoms with Gasteiger partial charge in [0.2, 0.25) is 0 Å². The lowest BCUT2D eigenvalue weighted by Crippen LogP contribution is -2.06. The van der Waals surface area contributed by atoms with Crippen LogP contribution in [0.15, 0.2) is 24.3 Å². The van der Waals surface area contributed by atoms with Gasteiger partial charge in [0.05, 0.1) is 17.5 Å². The molecule has 1 heterocycles. The molecule has 0 amide bonds. The Balaban J connectivity index is 2.34. The average molecular weight is 259 g/mol. The first-order valence-corrected chi connectivity index (χ1v) is 6.52. The molecule has 0 aliphatic carbocycles. The van der Waals surface area contributed by atoms with Gasteiger partial charge in [0.15, 0.2) is 0 Å². The van der Waals surface area contributed by atoms with Crippen molar-refractivity contribution in [3.8, 4) is 17.0 Å². The van der Waals surface area contributed by atoms with Crippen LogP contribution in [0.5, 0.6) is 5.75 Å². The quantitative estimate of drug-likeness (QED) is 0.918. The predicted molar refractivity (Wildman–Crippen MR) is 77.0 cm³/mol. The molecular weight excluding hydrogens is 238 g/mol. The van der Waals surface area contributed by atoms with Crippen LogP contribution in [0.4, 0.5) is 0 Å². The van der Waals surface area contributed by atoms with Crippen molar-refractivity contribution in [1.29, 1.82) is 0 Å². The fourth-order valence-electron chi connectivity index (χ4n) is 2.08. The molecule has 102 valence electrons. The molecule has 1 aromatic heterocycles. The van der Waals surface area contributed by atoms with Gasteiger partial charge in [-0.15, -0.1) is 0 Å². The Hall–Kier alpha value is -1.81. The molecule has 0 spiro atoms. The molecule has 4 nitrogen and oxygen atoms in total. The first-order chi connectivity index (χ1) is 9.02. The molecular formula is C15H21N3O. The summed E-state index contributed by atoms with van der Waals surface area (Å²) < 4.78 is 7.68. The van der Waals surface area contributed by atoms with Gasteiger partial charge in [0.25, 0.3) is 0 Å². The summed E-state index contributed by atoms with van der Waals surface area (Å²) in [5.41, 5.74) is 8.89. The molecule has 0 saturated heterocycles. The standard InChI is InChI=1S/C15H21N3O/c1-10(2)19-13-7-5-12(6-8-13)15-14(9-16)18(4)11(3)17-15/h5-8,10H,9,16H2,1-4H3. The number of aromatic nitrogens is 2. The van der Waals surface area contributed by atoms with Crippen LogP contribution in [0.1, 0.15) is 25.4 Å². The third-order valence-electron chi connectivity index (χ3n) is 3.13. The highest BCUT2D eigenvalue weighted by Gasteiger charge is 2.12. The molecule has 0 bridgehead atoms. The Morgan fingerprint density at radius 1 is 1.26 bits per heavy atom. The Morgan fingerprint density at radius 3 is 2.42 bits per heavy atom. The molecule has 0 saturated carbocycles. The number of aryl methyl sites for hydroxylation is 1. The van der Waals surface area contributed by atoms with Gasteiger partial charge in [0.1, 0.15) is 11.6 Å². The minimum Gasteiger partial charge on any atom is -0.491 e. The van der Waals surface area contributed by atoms with E-state index in [4.69, 9.17) is 10.5 Å². The molecule has 19 heavy (non-hydrogen) atoms. The lowest BCUT2D eigenvalue weighted by atomic mass is 10.1. The number of hydrogen-bond acceptors (Lipinski definition) is 3. The fraction of sp³-hybridized carbons (Fsp3) is 0.400. The van der Waals surface area contributed by atoms with E-state index in [9.17, 15) is 0 Å². The molecule has 0 aliphatic rings. The second-order valence-electron chi connectivity index (χ2n) is 4.91. The third kappa shape index (κ3) is 2.79. The van der Waals surface area contributed by atoms with Crippen molar-refractivity contribution >= 4 is 0 Å². The molecule has 0 aliphatic heterocycles. The minimum absolute atomic E-state index is 0.183. The van der Waals surface area contributed by atoms with Crippen LogP contribution < -0.4 is 10.5 Å². The maximum Gasteiger partial charge on any atom is 0.119 e. The van der Waals surface area contributed by atoms with E-state index < -0.39 is 0 Å². The second-order valence-corrected chi connectivity index (χ2v) is 4.91. The zero-order valence-electron chi connectivity index (χ0n) is 12.0. The summed E-state index contributed by atoms with van der Waals surface area (Å²) in [6, 6.07) is 8.00. The van der Waals surface area contributed by atoms with E-state index in [1.165, 1.54) is 0 Å². The van der Waals surface area contributed by atoms with E-state index >= 15 is 0 Å². The van der Waals surface area contributed by atoms with E-state index in [0.29, 0.717) is 6.54 Å². The summed E-state index contributed by atoms with van der Waals surface area (Å²) >= 11 is 0. The van der Waals surface area contributed by atoms with Crippen LogP contribution in [-0.2, 0) is 13.6 Å². The van der Waals surface area contributed by atoms with Crippen LogP contribution in [0, 0.1) is 6.92 Å². The summed E-state index contributed by atoms with van der Waals surface area (Å²) in [4.78, 5) is 4.58. The molecule has 0 radical (unpaired) electrons. The highest BCUT2D eigenvalue weighted by molar-refractivity contribution is 5.63. The summed E-state index contributed by atoms with van der Waals surface area (Å²) in [6.45, 7) is 6.50. The van der Waals surface area contributed by atoms with Crippen molar-refractivity contribution in [2.75, 3.05) is 0 Å². The summed E-state index contributed by atoms with van der Waals surface area (Å²) in [5.74, 6) is 1.85. The van der Waals surface area contributed by atoms with Crippen molar-refractivity contribution in [1.82, 2.24) is 9.55 Å². The van der Waals surface area contributed by atoms with Gasteiger partial charge in [-0.1, -0.05) is 0 Å². The van der Waals surface area contributed by atoms with Gasteiger partial charge in [-0.3, -0.25) is 0 Å². The monoisotopic (exact) mass is 259 g/mol. The van der Waals surface area contributed by atoms with E-state index in [1.54, 1.807) is 0 Å². The van der Waals surface area contributed by atoms with E-state index in [2.05, 4.69) is 4.98 Å². The van der Waals surface area contributed by atoms with Crippen LogP contribution in [0.25, 0.3) is 11.3 Å². The van der Waals surface area contributed by atoms with Crippen molar-refractivity contribution in [2.24, 2.45) is 12.8 Å². The van der Waals surface area contributed by atoms with Crippen LogP contribution in [0.2, 0.25) is 0 Å². The second kappa shape index (κ2) is 5.45. The van der Waals surface area contributed by atoms with Crippen molar-refractivity contribution in [3.63, 3.8) is 0 Å². The van der Waals surface area contributed by atoms with Crippen LogP contribution >= 0.6 is 0 Å². The molecule has 2 rings (SSSR count). The molecule has 0 fully saturated rings. The van der Waals surface area contributed by atoms with E-state index in [-0.39, 0.29) is 6.10 Å². The summed E-state index contributed by atoms with van der Waals surface area (Å²) in [5, 5.41) is 0. The highest BCUT2D eigenvalue weighted by Crippen LogP contribution is 2.25. The van der Waals surface area contributed by atoms with Crippen LogP contribution in [0.3, 0.4) is 0 Å². The molecule has 0 unspecified atom stereocenters. The summed E-state index contributed by atoms with van der Waals surface area (Å²) in [7, 11) is 1.99. The Morgan fingerprint density at radius 2 is 1.89 bits per heavy atom. The van der Waals surface area contributed by atoms with Crippen LogP contribution in [-0.4, -0.2) is 15.7 Å². The zero-order chi connectivity index (χ0) is 14.0. The van der Waals surface area contributed by atoms with Gasteiger partial charge in [0, 0.05) is 19.2 Å². The SMILES string of the molecule is Cc1nc(-c2ccc(OC(C)C)cc2)c(CN)n1C. The minimum atomic E-state index is 0.183. The maximum atomic E-state index is 5.81. The zero-order valence-corrected chi connectivity index (χ0v) is 12.0. The lowest BCUT2D eigenvalue weighted by molar-refractivity contribution is 0.242. The average Bonchev–Trinajstić information content (AvgIpc) is 2.65. The number of rotatable bonds is 4. The van der Waals surface area contributed by atoms with Gasteiger partial charge in [-0.25, -0.2) is 4.98 Å². The number of ether oxygens (including phenoxy) is 1. The van der Waals surface area contributed by atoms with E-state index in [0.717, 1.165) is 28.5 Å². The Bertz CT molecular complexity index is 556. The van der Waals surface area contributed by atoms with Gasteiger partial charge in [-0.2, -0.15) is 0 Å². The molecule has 4 heteroatoms. The Kier molecular flexibility index (Phi) is 3.90. The third-order valence-corrected chi connectivity index (χ3v) is 3.13. The maximum absolute atomic E-state index is 5.81. The van der Waals surface area contributed by atoms with Crippen molar-refractivity contribution in [2.45, 2.75) is 33.4 Å². The highest BCUT2D eigenvalue weighted by atomic mass is 16.5. The number of nitrogens with two attached hydrogens (primary N) is 1. The van der Waals surface area contributed by atoms with Gasteiger partial charge in [-0.05, 0) is 45.0 Å². The number of benzene rings is 1. The van der Waals surface area contributed by atoms with Crippen molar-refractivity contribution < 1.29 is 4.74 Å². The fourth-order valence-corrected chi connectivity index (χ4v) is 2.08. The molecule has 2 N–H and O–H groups in total. The van der Waals surface area contributed by atoms with Crippen molar-refractivity contribution in [3.05, 3.63) is 35.8 Å². The summed E-state index contributed by atoms with van der Waals surface area (Å²) in [6.07, 6.45) is 0.183. The van der Waals surface area contributed by atoms with E-state index in [1.807, 2.05) is 56.7 Å². The Labute approximate surface area is 114 Å². The lowest BCUT2D eigenvalue weighted by Gasteiger charge is -2.10. The molecule has 2 aromatic rings. The molecule has 0 atom stereocenters. The number of nitrogens with zero attached hydrogens (tertiary/aromatic N) is 2. The normalized spacial score (nSPS) is 11.1. The smallest absolute Gasteiger partial charge is 0.119 e. The van der Waals surface area contributed by atoms with Gasteiger partial charge >= 0.3 is 0 Å². The number of imidazole rings is 1. The van der Waals surface area contributed by atoms with Gasteiger partial charge < -0.3 is 15.0 Å². The first kappa shape index (κ1) is 13.6. The topological polar surface area (TPSA) is 53.1 Å². The first-order valence-electron chi connectivity index (χ1n) is 6.52. The number of hydrogen-bond donors (Lipinski definition) is 1. The largest absolute Gasteiger partial charge is 0.491 e.